The van der Waals surface area contributed by atoms with Crippen LogP contribution in [0.4, 0.5) is 0 Å². The Labute approximate surface area is 183 Å². The summed E-state index contributed by atoms with van der Waals surface area (Å²) in [7, 11) is 4.80. The second kappa shape index (κ2) is 8.87. The molecule has 0 saturated carbocycles. The molecule has 1 unspecified atom stereocenters. The SMILES string of the molecule is CCC(=O)N(C)C(C)c1nc2ccccc2c(=O)n1-c1cc(OC)cc(OC)c1Br. The van der Waals surface area contributed by atoms with E-state index in [0.29, 0.717) is 44.8 Å². The van der Waals surface area contributed by atoms with Gasteiger partial charge in [-0.1, -0.05) is 19.1 Å². The van der Waals surface area contributed by atoms with Gasteiger partial charge in [0.1, 0.15) is 17.3 Å². The molecule has 0 aliphatic carbocycles. The number of fused-ring (bicyclic) bond motifs is 1. The number of benzene rings is 2. The average Bonchev–Trinajstić information content (AvgIpc) is 2.78. The fourth-order valence-electron chi connectivity index (χ4n) is 3.29. The van der Waals surface area contributed by atoms with Crippen molar-refractivity contribution in [1.82, 2.24) is 14.5 Å². The highest BCUT2D eigenvalue weighted by atomic mass is 79.9. The molecule has 8 heteroatoms. The van der Waals surface area contributed by atoms with Crippen LogP contribution in [0.25, 0.3) is 16.6 Å². The van der Waals surface area contributed by atoms with E-state index in [2.05, 4.69) is 15.9 Å². The molecule has 0 N–H and O–H groups in total. The molecule has 158 valence electrons. The Balaban J connectivity index is 2.40. The van der Waals surface area contributed by atoms with Crippen LogP contribution in [-0.2, 0) is 4.79 Å². The third kappa shape index (κ3) is 3.79. The lowest BCUT2D eigenvalue weighted by atomic mass is 10.1. The molecule has 3 rings (SSSR count). The number of aromatic nitrogens is 2. The number of halogens is 1. The van der Waals surface area contributed by atoms with Crippen molar-refractivity contribution in [3.63, 3.8) is 0 Å². The van der Waals surface area contributed by atoms with E-state index in [9.17, 15) is 9.59 Å². The van der Waals surface area contributed by atoms with Crippen LogP contribution in [0.2, 0.25) is 0 Å². The maximum absolute atomic E-state index is 13.6. The van der Waals surface area contributed by atoms with E-state index in [0.717, 1.165) is 0 Å². The Morgan fingerprint density at radius 1 is 1.23 bits per heavy atom. The molecule has 2 aromatic carbocycles. The van der Waals surface area contributed by atoms with Crippen molar-refractivity contribution in [2.24, 2.45) is 0 Å². The Kier molecular flexibility index (Phi) is 6.45. The van der Waals surface area contributed by atoms with E-state index in [1.54, 1.807) is 63.4 Å². The summed E-state index contributed by atoms with van der Waals surface area (Å²) in [6.07, 6.45) is 0.356. The van der Waals surface area contributed by atoms with E-state index in [1.807, 2.05) is 13.0 Å². The number of amides is 1. The Hall–Kier alpha value is -2.87. The Morgan fingerprint density at radius 3 is 2.57 bits per heavy atom. The number of para-hydroxylation sites is 1. The van der Waals surface area contributed by atoms with Crippen molar-refractivity contribution >= 4 is 32.7 Å². The quantitative estimate of drug-likeness (QED) is 0.538. The monoisotopic (exact) mass is 473 g/mol. The molecule has 0 aliphatic rings. The average molecular weight is 474 g/mol. The maximum Gasteiger partial charge on any atom is 0.266 e. The highest BCUT2D eigenvalue weighted by Gasteiger charge is 2.25. The number of ether oxygens (including phenoxy) is 2. The van der Waals surface area contributed by atoms with Gasteiger partial charge in [-0.2, -0.15) is 0 Å². The van der Waals surface area contributed by atoms with Crippen molar-refractivity contribution in [1.29, 1.82) is 0 Å². The summed E-state index contributed by atoms with van der Waals surface area (Å²) in [5.74, 6) is 1.44. The highest BCUT2D eigenvalue weighted by Crippen LogP contribution is 2.36. The van der Waals surface area contributed by atoms with Gasteiger partial charge in [0.2, 0.25) is 5.91 Å². The minimum absolute atomic E-state index is 0.0428. The summed E-state index contributed by atoms with van der Waals surface area (Å²) in [4.78, 5) is 32.3. The molecule has 0 bridgehead atoms. The Morgan fingerprint density at radius 2 is 1.93 bits per heavy atom. The molecule has 30 heavy (non-hydrogen) atoms. The van der Waals surface area contributed by atoms with Gasteiger partial charge >= 0.3 is 0 Å². The lowest BCUT2D eigenvalue weighted by molar-refractivity contribution is -0.131. The number of hydrogen-bond donors (Lipinski definition) is 0. The van der Waals surface area contributed by atoms with Gasteiger partial charge in [0.05, 0.1) is 41.3 Å². The number of carbonyl (C=O) groups excluding carboxylic acids is 1. The van der Waals surface area contributed by atoms with Gasteiger partial charge in [0, 0.05) is 25.6 Å². The maximum atomic E-state index is 13.6. The van der Waals surface area contributed by atoms with Crippen LogP contribution in [0.15, 0.2) is 45.7 Å². The fraction of sp³-hybridized carbons (Fsp3) is 0.318. The Bertz CT molecular complexity index is 1160. The number of carbonyl (C=O) groups is 1. The molecular formula is C22H24BrN3O4. The van der Waals surface area contributed by atoms with Gasteiger partial charge in [-0.15, -0.1) is 0 Å². The van der Waals surface area contributed by atoms with E-state index in [4.69, 9.17) is 14.5 Å². The predicted molar refractivity (Wildman–Crippen MR) is 120 cm³/mol. The largest absolute Gasteiger partial charge is 0.497 e. The second-order valence-corrected chi connectivity index (χ2v) is 7.62. The summed E-state index contributed by atoms with van der Waals surface area (Å²) < 4.78 is 13.0. The molecule has 0 spiro atoms. The molecule has 0 radical (unpaired) electrons. The highest BCUT2D eigenvalue weighted by molar-refractivity contribution is 9.10. The van der Waals surface area contributed by atoms with E-state index in [-0.39, 0.29) is 11.5 Å². The van der Waals surface area contributed by atoms with Crippen LogP contribution in [0.3, 0.4) is 0 Å². The zero-order valence-corrected chi connectivity index (χ0v) is 19.2. The third-order valence-electron chi connectivity index (χ3n) is 5.14. The summed E-state index contributed by atoms with van der Waals surface area (Å²) in [5, 5.41) is 0.478. The minimum atomic E-state index is -0.446. The third-order valence-corrected chi connectivity index (χ3v) is 5.94. The normalized spacial score (nSPS) is 11.9. The minimum Gasteiger partial charge on any atom is -0.497 e. The van der Waals surface area contributed by atoms with Crippen molar-refractivity contribution in [2.45, 2.75) is 26.3 Å². The van der Waals surface area contributed by atoms with E-state index in [1.165, 1.54) is 4.57 Å². The number of hydrogen-bond acceptors (Lipinski definition) is 5. The van der Waals surface area contributed by atoms with Crippen molar-refractivity contribution in [3.05, 3.63) is 57.0 Å². The first-order chi connectivity index (χ1) is 14.3. The van der Waals surface area contributed by atoms with Crippen molar-refractivity contribution < 1.29 is 14.3 Å². The number of methoxy groups -OCH3 is 2. The second-order valence-electron chi connectivity index (χ2n) is 6.82. The summed E-state index contributed by atoms with van der Waals surface area (Å²) >= 11 is 3.55. The first-order valence-electron chi connectivity index (χ1n) is 9.53. The first-order valence-corrected chi connectivity index (χ1v) is 10.3. The molecule has 7 nitrogen and oxygen atoms in total. The van der Waals surface area contributed by atoms with Crippen LogP contribution in [0.1, 0.15) is 32.1 Å². The van der Waals surface area contributed by atoms with Gasteiger partial charge in [-0.25, -0.2) is 4.98 Å². The topological polar surface area (TPSA) is 73.7 Å². The molecule has 0 aliphatic heterocycles. The molecule has 0 fully saturated rings. The summed E-state index contributed by atoms with van der Waals surface area (Å²) in [5.41, 5.74) is 0.855. The molecule has 1 amide bonds. The molecule has 0 saturated heterocycles. The van der Waals surface area contributed by atoms with Crippen molar-refractivity contribution in [3.8, 4) is 17.2 Å². The fourth-order valence-corrected chi connectivity index (χ4v) is 3.86. The van der Waals surface area contributed by atoms with Gasteiger partial charge in [0.25, 0.3) is 5.56 Å². The predicted octanol–water partition coefficient (Wildman–Crippen LogP) is 4.09. The summed E-state index contributed by atoms with van der Waals surface area (Å²) in [6, 6.07) is 10.2. The van der Waals surface area contributed by atoms with Gasteiger partial charge in [-0.3, -0.25) is 14.2 Å². The molecule has 1 heterocycles. The molecular weight excluding hydrogens is 450 g/mol. The summed E-state index contributed by atoms with van der Waals surface area (Å²) in [6.45, 7) is 3.65. The van der Waals surface area contributed by atoms with E-state index >= 15 is 0 Å². The lowest BCUT2D eigenvalue weighted by Crippen LogP contribution is -2.34. The number of rotatable bonds is 6. The molecule has 3 aromatic rings. The van der Waals surface area contributed by atoms with Gasteiger partial charge in [0.15, 0.2) is 0 Å². The van der Waals surface area contributed by atoms with Gasteiger partial charge < -0.3 is 14.4 Å². The zero-order chi connectivity index (χ0) is 22.0. The molecule has 1 atom stereocenters. The van der Waals surface area contributed by atoms with Gasteiger partial charge in [-0.05, 0) is 35.0 Å². The van der Waals surface area contributed by atoms with E-state index < -0.39 is 6.04 Å². The standard InChI is InChI=1S/C22H24BrN3O4/c1-6-19(27)25(3)13(2)21-24-16-10-8-7-9-15(16)22(28)26(21)17-11-14(29-4)12-18(30-5)20(17)23/h7-13H,6H2,1-5H3. The van der Waals surface area contributed by atoms with Crippen LogP contribution in [0, 0.1) is 0 Å². The lowest BCUT2D eigenvalue weighted by Gasteiger charge is -2.27. The van der Waals surface area contributed by atoms with Crippen LogP contribution in [-0.4, -0.2) is 41.6 Å². The first kappa shape index (κ1) is 21.8. The smallest absolute Gasteiger partial charge is 0.266 e. The van der Waals surface area contributed by atoms with Crippen molar-refractivity contribution in [2.75, 3.05) is 21.3 Å². The molecule has 1 aromatic heterocycles. The zero-order valence-electron chi connectivity index (χ0n) is 17.6. The number of nitrogens with zero attached hydrogens (tertiary/aromatic N) is 3. The van der Waals surface area contributed by atoms with Crippen LogP contribution >= 0.6 is 15.9 Å². The van der Waals surface area contributed by atoms with Crippen LogP contribution in [0.5, 0.6) is 11.5 Å². The van der Waals surface area contributed by atoms with Crippen LogP contribution < -0.4 is 15.0 Å².